The zero-order valence-electron chi connectivity index (χ0n) is 15.3. The van der Waals surface area contributed by atoms with Gasteiger partial charge in [0.15, 0.2) is 0 Å². The predicted molar refractivity (Wildman–Crippen MR) is 107 cm³/mol. The van der Waals surface area contributed by atoms with Gasteiger partial charge in [-0.3, -0.25) is 9.59 Å². The first-order valence-corrected chi connectivity index (χ1v) is 10.9. The van der Waals surface area contributed by atoms with Crippen LogP contribution in [0.15, 0.2) is 58.4 Å². The summed E-state index contributed by atoms with van der Waals surface area (Å²) in [6, 6.07) is 12.4. The lowest BCUT2D eigenvalue weighted by Gasteiger charge is -2.13. The number of carbonyl (C=O) groups excluding carboxylic acids is 1. The standard InChI is InChI=1S/C18H23N3O4S2/c1-20(2)27(24,25)16-8-9-18(23)21(12-16)13-17(22)19-10-11-26-14-15-6-4-3-5-7-15/h3-9,12H,10-11,13-14H2,1-2H3,(H,19,22). The van der Waals surface area contributed by atoms with Gasteiger partial charge in [0.05, 0.1) is 4.90 Å². The van der Waals surface area contributed by atoms with E-state index in [0.29, 0.717) is 6.54 Å². The van der Waals surface area contributed by atoms with Gasteiger partial charge in [0, 0.05) is 44.4 Å². The van der Waals surface area contributed by atoms with Crippen molar-refractivity contribution in [3.63, 3.8) is 0 Å². The highest BCUT2D eigenvalue weighted by Crippen LogP contribution is 2.11. The first-order chi connectivity index (χ1) is 12.8. The third-order valence-corrected chi connectivity index (χ3v) is 6.56. The quantitative estimate of drug-likeness (QED) is 0.628. The first kappa shape index (κ1) is 21.2. The van der Waals surface area contributed by atoms with Crippen molar-refractivity contribution in [2.24, 2.45) is 0 Å². The number of pyridine rings is 1. The van der Waals surface area contributed by atoms with Crippen LogP contribution in [0.3, 0.4) is 0 Å². The van der Waals surface area contributed by atoms with Crippen LogP contribution in [0.5, 0.6) is 0 Å². The maximum Gasteiger partial charge on any atom is 0.251 e. The largest absolute Gasteiger partial charge is 0.354 e. The van der Waals surface area contributed by atoms with E-state index < -0.39 is 15.6 Å². The fraction of sp³-hybridized carbons (Fsp3) is 0.333. The summed E-state index contributed by atoms with van der Waals surface area (Å²) in [6.07, 6.45) is 1.20. The summed E-state index contributed by atoms with van der Waals surface area (Å²) in [5.41, 5.74) is 0.792. The second kappa shape index (κ2) is 9.72. The van der Waals surface area contributed by atoms with E-state index in [9.17, 15) is 18.0 Å². The van der Waals surface area contributed by atoms with Crippen LogP contribution >= 0.6 is 11.8 Å². The van der Waals surface area contributed by atoms with E-state index in [1.54, 1.807) is 11.8 Å². The predicted octanol–water partition coefficient (Wildman–Crippen LogP) is 1.15. The molecule has 0 saturated carbocycles. The molecule has 7 nitrogen and oxygen atoms in total. The van der Waals surface area contributed by atoms with Crippen LogP contribution in [0.25, 0.3) is 0 Å². The van der Waals surface area contributed by atoms with E-state index in [1.165, 1.54) is 31.9 Å². The number of hydrogen-bond donors (Lipinski definition) is 1. The second-order valence-corrected chi connectivity index (χ2v) is 9.26. The number of aromatic nitrogens is 1. The molecule has 0 spiro atoms. The molecule has 9 heteroatoms. The summed E-state index contributed by atoms with van der Waals surface area (Å²) in [4.78, 5) is 23.9. The average Bonchev–Trinajstić information content (AvgIpc) is 2.64. The van der Waals surface area contributed by atoms with Crippen LogP contribution in [-0.2, 0) is 27.1 Å². The summed E-state index contributed by atoms with van der Waals surface area (Å²) < 4.78 is 26.5. The fourth-order valence-electron chi connectivity index (χ4n) is 2.23. The molecule has 0 fully saturated rings. The van der Waals surface area contributed by atoms with Gasteiger partial charge in [-0.1, -0.05) is 30.3 Å². The van der Waals surface area contributed by atoms with Crippen LogP contribution in [0.1, 0.15) is 5.56 Å². The van der Waals surface area contributed by atoms with Gasteiger partial charge in [0.1, 0.15) is 6.54 Å². The highest BCUT2D eigenvalue weighted by atomic mass is 32.2. The molecule has 1 aromatic heterocycles. The third kappa shape index (κ3) is 6.23. The van der Waals surface area contributed by atoms with Crippen molar-refractivity contribution >= 4 is 27.7 Å². The van der Waals surface area contributed by atoms with Crippen LogP contribution in [-0.4, -0.2) is 49.6 Å². The number of benzene rings is 1. The Morgan fingerprint density at radius 1 is 1.15 bits per heavy atom. The van der Waals surface area contributed by atoms with E-state index >= 15 is 0 Å². The summed E-state index contributed by atoms with van der Waals surface area (Å²) in [7, 11) is -0.849. The fourth-order valence-corrected chi connectivity index (χ4v) is 3.97. The second-order valence-electron chi connectivity index (χ2n) is 6.01. The van der Waals surface area contributed by atoms with Crippen molar-refractivity contribution in [1.29, 1.82) is 0 Å². The Bertz CT molecular complexity index is 925. The Morgan fingerprint density at radius 3 is 2.52 bits per heavy atom. The highest BCUT2D eigenvalue weighted by molar-refractivity contribution is 7.98. The molecule has 2 rings (SSSR count). The SMILES string of the molecule is CN(C)S(=O)(=O)c1ccc(=O)n(CC(=O)NCCSCc2ccccc2)c1. The normalized spacial score (nSPS) is 11.5. The Balaban J connectivity index is 1.85. The number of thioether (sulfide) groups is 1. The van der Waals surface area contributed by atoms with Crippen LogP contribution in [0.2, 0.25) is 0 Å². The molecule has 1 amide bonds. The number of rotatable bonds is 9. The number of carbonyl (C=O) groups is 1. The molecule has 1 heterocycles. The Hall–Kier alpha value is -2.10. The maximum absolute atomic E-state index is 12.1. The minimum atomic E-state index is -3.66. The maximum atomic E-state index is 12.1. The molecular weight excluding hydrogens is 386 g/mol. The van der Waals surface area contributed by atoms with E-state index in [4.69, 9.17) is 0 Å². The van der Waals surface area contributed by atoms with Gasteiger partial charge < -0.3 is 9.88 Å². The topological polar surface area (TPSA) is 88.5 Å². The van der Waals surface area contributed by atoms with Crippen LogP contribution < -0.4 is 10.9 Å². The van der Waals surface area contributed by atoms with Gasteiger partial charge in [0.25, 0.3) is 5.56 Å². The van der Waals surface area contributed by atoms with E-state index in [1.807, 2.05) is 30.3 Å². The minimum Gasteiger partial charge on any atom is -0.354 e. The van der Waals surface area contributed by atoms with E-state index in [2.05, 4.69) is 5.32 Å². The molecule has 0 saturated heterocycles. The molecule has 0 unspecified atom stereocenters. The Morgan fingerprint density at radius 2 is 1.85 bits per heavy atom. The molecular formula is C18H23N3O4S2. The van der Waals surface area contributed by atoms with Crippen molar-refractivity contribution in [3.05, 3.63) is 64.6 Å². The van der Waals surface area contributed by atoms with Crippen LogP contribution in [0, 0.1) is 0 Å². The third-order valence-electron chi connectivity index (χ3n) is 3.73. The lowest BCUT2D eigenvalue weighted by atomic mass is 10.2. The minimum absolute atomic E-state index is 0.0293. The van der Waals surface area contributed by atoms with Gasteiger partial charge >= 0.3 is 0 Å². The molecule has 1 aromatic carbocycles. The Kier molecular flexibility index (Phi) is 7.64. The van der Waals surface area contributed by atoms with Crippen molar-refractivity contribution in [2.75, 3.05) is 26.4 Å². The average molecular weight is 410 g/mol. The van der Waals surface area contributed by atoms with Gasteiger partial charge in [-0.2, -0.15) is 11.8 Å². The summed E-state index contributed by atoms with van der Waals surface area (Å²) in [5.74, 6) is 1.27. The van der Waals surface area contributed by atoms with Crippen molar-refractivity contribution in [2.45, 2.75) is 17.2 Å². The molecule has 0 radical (unpaired) electrons. The lowest BCUT2D eigenvalue weighted by molar-refractivity contribution is -0.121. The smallest absolute Gasteiger partial charge is 0.251 e. The summed E-state index contributed by atoms with van der Waals surface area (Å²) in [5, 5.41) is 2.75. The summed E-state index contributed by atoms with van der Waals surface area (Å²) in [6.45, 7) is 0.250. The zero-order chi connectivity index (χ0) is 19.9. The molecule has 0 atom stereocenters. The number of nitrogens with one attached hydrogen (secondary N) is 1. The van der Waals surface area contributed by atoms with Gasteiger partial charge in [-0.25, -0.2) is 12.7 Å². The van der Waals surface area contributed by atoms with Gasteiger partial charge in [0.2, 0.25) is 15.9 Å². The summed E-state index contributed by atoms with van der Waals surface area (Å²) >= 11 is 1.70. The number of nitrogens with zero attached hydrogens (tertiary/aromatic N) is 2. The molecule has 0 bridgehead atoms. The molecule has 0 aliphatic rings. The molecule has 146 valence electrons. The molecule has 27 heavy (non-hydrogen) atoms. The van der Waals surface area contributed by atoms with Gasteiger partial charge in [-0.15, -0.1) is 0 Å². The molecule has 0 aliphatic carbocycles. The lowest BCUT2D eigenvalue weighted by Crippen LogP contribution is -2.34. The molecule has 1 N–H and O–H groups in total. The van der Waals surface area contributed by atoms with Gasteiger partial charge in [-0.05, 0) is 11.6 Å². The number of amides is 1. The first-order valence-electron chi connectivity index (χ1n) is 8.32. The van der Waals surface area contributed by atoms with E-state index in [0.717, 1.165) is 26.4 Å². The Labute approximate surface area is 163 Å². The van der Waals surface area contributed by atoms with E-state index in [-0.39, 0.29) is 17.3 Å². The highest BCUT2D eigenvalue weighted by Gasteiger charge is 2.18. The number of sulfonamides is 1. The molecule has 2 aromatic rings. The van der Waals surface area contributed by atoms with Crippen molar-refractivity contribution < 1.29 is 13.2 Å². The number of hydrogen-bond acceptors (Lipinski definition) is 5. The van der Waals surface area contributed by atoms with Crippen LogP contribution in [0.4, 0.5) is 0 Å². The van der Waals surface area contributed by atoms with Crippen molar-refractivity contribution in [3.8, 4) is 0 Å². The monoisotopic (exact) mass is 409 g/mol. The van der Waals surface area contributed by atoms with Crippen molar-refractivity contribution in [1.82, 2.24) is 14.2 Å². The molecule has 0 aliphatic heterocycles. The zero-order valence-corrected chi connectivity index (χ0v) is 16.9.